The normalized spacial score (nSPS) is 14.2. The lowest BCUT2D eigenvalue weighted by molar-refractivity contribution is 0.104. The molecule has 0 radical (unpaired) electrons. The maximum absolute atomic E-state index is 13.8. The standard InChI is InChI=1S/C30H31NO3S/c1-21-6-15-26-27(20-21)35-30(23-9-11-24(33-2)12-10-23)28(26)29(32)22-7-13-25(14-8-22)34-19-18-31-16-4-3-5-17-31/h6-15,20H,3-5,16-19H2,1-2H3. The highest BCUT2D eigenvalue weighted by molar-refractivity contribution is 7.22. The van der Waals surface area contributed by atoms with Crippen LogP contribution >= 0.6 is 11.3 Å². The number of methoxy groups -OCH3 is 1. The number of hydrogen-bond acceptors (Lipinski definition) is 5. The van der Waals surface area contributed by atoms with E-state index < -0.39 is 0 Å². The van der Waals surface area contributed by atoms with E-state index in [4.69, 9.17) is 9.47 Å². The van der Waals surface area contributed by atoms with Crippen LogP contribution in [-0.4, -0.2) is 44.0 Å². The van der Waals surface area contributed by atoms with Gasteiger partial charge in [-0.2, -0.15) is 0 Å². The van der Waals surface area contributed by atoms with E-state index in [1.54, 1.807) is 18.4 Å². The SMILES string of the molecule is COc1ccc(-c2sc3cc(C)ccc3c2C(=O)c2ccc(OCCN3CCCCC3)cc2)cc1. The molecule has 0 spiro atoms. The Morgan fingerprint density at radius 3 is 2.34 bits per heavy atom. The molecule has 1 aromatic heterocycles. The van der Waals surface area contributed by atoms with E-state index in [9.17, 15) is 4.79 Å². The fourth-order valence-corrected chi connectivity index (χ4v) is 6.00. The lowest BCUT2D eigenvalue weighted by atomic mass is 9.97. The molecule has 1 saturated heterocycles. The lowest BCUT2D eigenvalue weighted by Gasteiger charge is -2.26. The molecule has 0 saturated carbocycles. The second-order valence-electron chi connectivity index (χ2n) is 9.14. The summed E-state index contributed by atoms with van der Waals surface area (Å²) in [5.74, 6) is 1.64. The third-order valence-electron chi connectivity index (χ3n) is 6.67. The third kappa shape index (κ3) is 5.26. The molecule has 2 heterocycles. The summed E-state index contributed by atoms with van der Waals surface area (Å²) >= 11 is 1.66. The highest BCUT2D eigenvalue weighted by Gasteiger charge is 2.22. The van der Waals surface area contributed by atoms with Gasteiger partial charge < -0.3 is 9.47 Å². The van der Waals surface area contributed by atoms with E-state index in [2.05, 4.69) is 30.0 Å². The molecule has 1 fully saturated rings. The van der Waals surface area contributed by atoms with Gasteiger partial charge in [-0.3, -0.25) is 9.69 Å². The first-order valence-electron chi connectivity index (χ1n) is 12.3. The number of aryl methyl sites for hydroxylation is 1. The Kier molecular flexibility index (Phi) is 7.16. The maximum atomic E-state index is 13.8. The summed E-state index contributed by atoms with van der Waals surface area (Å²) < 4.78 is 12.4. The monoisotopic (exact) mass is 485 g/mol. The predicted octanol–water partition coefficient (Wildman–Crippen LogP) is 6.98. The van der Waals surface area contributed by atoms with E-state index in [0.29, 0.717) is 12.2 Å². The molecule has 0 bridgehead atoms. The van der Waals surface area contributed by atoms with Crippen molar-refractivity contribution in [1.29, 1.82) is 0 Å². The van der Waals surface area contributed by atoms with Gasteiger partial charge in [0.15, 0.2) is 5.78 Å². The van der Waals surface area contributed by atoms with Crippen molar-refractivity contribution in [2.45, 2.75) is 26.2 Å². The van der Waals surface area contributed by atoms with Gasteiger partial charge in [-0.15, -0.1) is 11.3 Å². The summed E-state index contributed by atoms with van der Waals surface area (Å²) in [6.07, 6.45) is 3.91. The van der Waals surface area contributed by atoms with Gasteiger partial charge in [0.05, 0.1) is 7.11 Å². The van der Waals surface area contributed by atoms with Crippen LogP contribution in [0.2, 0.25) is 0 Å². The van der Waals surface area contributed by atoms with Crippen LogP contribution in [0.4, 0.5) is 0 Å². The Bertz CT molecular complexity index is 1300. The van der Waals surface area contributed by atoms with Crippen molar-refractivity contribution in [3.8, 4) is 21.9 Å². The van der Waals surface area contributed by atoms with Crippen molar-refractivity contribution in [3.05, 3.63) is 83.4 Å². The quantitative estimate of drug-likeness (QED) is 0.252. The van der Waals surface area contributed by atoms with Gasteiger partial charge >= 0.3 is 0 Å². The topological polar surface area (TPSA) is 38.8 Å². The average Bonchev–Trinajstić information content (AvgIpc) is 3.28. The van der Waals surface area contributed by atoms with Crippen molar-refractivity contribution in [2.75, 3.05) is 33.4 Å². The van der Waals surface area contributed by atoms with Crippen LogP contribution in [0.15, 0.2) is 66.7 Å². The second-order valence-corrected chi connectivity index (χ2v) is 10.2. The second kappa shape index (κ2) is 10.6. The van der Waals surface area contributed by atoms with Crippen LogP contribution < -0.4 is 9.47 Å². The molecule has 0 atom stereocenters. The van der Waals surface area contributed by atoms with E-state index in [1.165, 1.54) is 37.9 Å². The van der Waals surface area contributed by atoms with Gasteiger partial charge in [0.2, 0.25) is 0 Å². The zero-order chi connectivity index (χ0) is 24.2. The van der Waals surface area contributed by atoms with Crippen molar-refractivity contribution >= 4 is 27.2 Å². The number of nitrogens with zero attached hydrogens (tertiary/aromatic N) is 1. The number of carbonyl (C=O) groups is 1. The summed E-state index contributed by atoms with van der Waals surface area (Å²) in [5, 5.41) is 0.998. The number of carbonyl (C=O) groups excluding carboxylic acids is 1. The van der Waals surface area contributed by atoms with Crippen molar-refractivity contribution in [1.82, 2.24) is 4.90 Å². The zero-order valence-corrected chi connectivity index (χ0v) is 21.2. The lowest BCUT2D eigenvalue weighted by Crippen LogP contribution is -2.33. The highest BCUT2D eigenvalue weighted by Crippen LogP contribution is 2.40. The first-order chi connectivity index (χ1) is 17.1. The smallest absolute Gasteiger partial charge is 0.195 e. The largest absolute Gasteiger partial charge is 0.497 e. The minimum Gasteiger partial charge on any atom is -0.497 e. The molecular weight excluding hydrogens is 454 g/mol. The Hall–Kier alpha value is -3.15. The molecule has 4 aromatic rings. The molecule has 4 nitrogen and oxygen atoms in total. The molecule has 5 heteroatoms. The summed E-state index contributed by atoms with van der Waals surface area (Å²) in [4.78, 5) is 17.2. The Morgan fingerprint density at radius 2 is 1.63 bits per heavy atom. The fraction of sp³-hybridized carbons (Fsp3) is 0.300. The zero-order valence-electron chi connectivity index (χ0n) is 20.4. The van der Waals surface area contributed by atoms with Crippen molar-refractivity contribution < 1.29 is 14.3 Å². The van der Waals surface area contributed by atoms with E-state index >= 15 is 0 Å². The Labute approximate surface area is 211 Å². The summed E-state index contributed by atoms with van der Waals surface area (Å²) in [6.45, 7) is 6.04. The minimum atomic E-state index is 0.0331. The number of thiophene rings is 1. The summed E-state index contributed by atoms with van der Waals surface area (Å²) in [5.41, 5.74) is 3.63. The molecular formula is C30H31NO3S. The van der Waals surface area contributed by atoms with Gasteiger partial charge in [0.25, 0.3) is 0 Å². The number of rotatable bonds is 8. The molecule has 180 valence electrons. The Balaban J connectivity index is 1.39. The number of benzene rings is 3. The minimum absolute atomic E-state index is 0.0331. The molecule has 0 amide bonds. The Morgan fingerprint density at radius 1 is 0.914 bits per heavy atom. The first kappa shape index (κ1) is 23.6. The predicted molar refractivity (Wildman–Crippen MR) is 144 cm³/mol. The van der Waals surface area contributed by atoms with Crippen LogP contribution in [0.1, 0.15) is 40.7 Å². The average molecular weight is 486 g/mol. The molecule has 35 heavy (non-hydrogen) atoms. The van der Waals surface area contributed by atoms with E-state index in [1.807, 2.05) is 48.5 Å². The van der Waals surface area contributed by atoms with E-state index in [-0.39, 0.29) is 5.78 Å². The van der Waals surface area contributed by atoms with Crippen molar-refractivity contribution in [3.63, 3.8) is 0 Å². The molecule has 0 N–H and O–H groups in total. The number of ether oxygens (including phenoxy) is 2. The van der Waals surface area contributed by atoms with Gasteiger partial charge in [0.1, 0.15) is 18.1 Å². The van der Waals surface area contributed by atoms with Crippen LogP contribution in [0, 0.1) is 6.92 Å². The van der Waals surface area contributed by atoms with Crippen LogP contribution in [0.5, 0.6) is 11.5 Å². The highest BCUT2D eigenvalue weighted by atomic mass is 32.1. The first-order valence-corrected chi connectivity index (χ1v) is 13.1. The maximum Gasteiger partial charge on any atom is 0.195 e. The van der Waals surface area contributed by atoms with Gasteiger partial charge in [-0.05, 0) is 98.6 Å². The molecule has 0 unspecified atom stereocenters. The van der Waals surface area contributed by atoms with E-state index in [0.717, 1.165) is 44.1 Å². The van der Waals surface area contributed by atoms with Gasteiger partial charge in [-0.1, -0.05) is 18.6 Å². The number of hydrogen-bond donors (Lipinski definition) is 0. The summed E-state index contributed by atoms with van der Waals surface area (Å²) in [6, 6.07) is 21.8. The molecule has 0 aliphatic carbocycles. The fourth-order valence-electron chi connectivity index (χ4n) is 4.70. The van der Waals surface area contributed by atoms with Crippen LogP contribution in [-0.2, 0) is 0 Å². The molecule has 3 aromatic carbocycles. The van der Waals surface area contributed by atoms with Gasteiger partial charge in [0, 0.05) is 32.6 Å². The molecule has 1 aliphatic rings. The number of piperidine rings is 1. The third-order valence-corrected chi connectivity index (χ3v) is 7.87. The van der Waals surface area contributed by atoms with Gasteiger partial charge in [-0.25, -0.2) is 0 Å². The number of ketones is 1. The van der Waals surface area contributed by atoms with Crippen LogP contribution in [0.25, 0.3) is 20.5 Å². The molecule has 5 rings (SSSR count). The van der Waals surface area contributed by atoms with Crippen LogP contribution in [0.3, 0.4) is 0 Å². The number of fused-ring (bicyclic) bond motifs is 1. The molecule has 1 aliphatic heterocycles. The van der Waals surface area contributed by atoms with Crippen molar-refractivity contribution in [2.24, 2.45) is 0 Å². The summed E-state index contributed by atoms with van der Waals surface area (Å²) in [7, 11) is 1.66. The number of likely N-dealkylation sites (tertiary alicyclic amines) is 1.